The van der Waals surface area contributed by atoms with Crippen molar-refractivity contribution in [1.82, 2.24) is 44.7 Å². The number of carbonyl (C=O) groups excluding carboxylic acids is 5. The summed E-state index contributed by atoms with van der Waals surface area (Å²) >= 11 is 0. The molecule has 3 aromatic carbocycles. The van der Waals surface area contributed by atoms with Crippen LogP contribution in [0.4, 0.5) is 10.6 Å². The van der Waals surface area contributed by atoms with Crippen molar-refractivity contribution in [3.05, 3.63) is 95.8 Å². The van der Waals surface area contributed by atoms with E-state index in [1.807, 2.05) is 81.2 Å². The highest BCUT2D eigenvalue weighted by Gasteiger charge is 2.45. The fourth-order valence-corrected chi connectivity index (χ4v) is 10.5. The average molecular weight is 879 g/mol. The average Bonchev–Trinajstić information content (AvgIpc) is 3.84. The van der Waals surface area contributed by atoms with Crippen LogP contribution in [-0.2, 0) is 9.59 Å². The van der Waals surface area contributed by atoms with E-state index in [0.29, 0.717) is 47.5 Å². The highest BCUT2D eigenvalue weighted by atomic mass is 16.5. The first-order valence-electron chi connectivity index (χ1n) is 23.1. The number of aromatic nitrogens is 4. The summed E-state index contributed by atoms with van der Waals surface area (Å²) in [7, 11) is 0. The SMILES string of the molecule is Nc1ncnc2c1c(-c1ccc(Oc3ccccc3)cc1)nn2C1CCN(C(=O)N2CCC(CCCN3CCC(c4ccc5c(c4)C(=O)N(C4CCC(=O)NC4=O)C5=O)CC3)CC2)CC1. The lowest BCUT2D eigenvalue weighted by Crippen LogP contribution is -2.54. The molecule has 0 radical (unpaired) electrons. The molecule has 5 aliphatic rings. The van der Waals surface area contributed by atoms with E-state index in [1.165, 1.54) is 6.33 Å². The number of urea groups is 1. The summed E-state index contributed by atoms with van der Waals surface area (Å²) in [6, 6.07) is 22.2. The van der Waals surface area contributed by atoms with Gasteiger partial charge in [-0.2, -0.15) is 5.10 Å². The minimum atomic E-state index is -0.960. The molecular weight excluding hydrogens is 825 g/mol. The van der Waals surface area contributed by atoms with Crippen molar-refractivity contribution in [3.63, 3.8) is 0 Å². The number of nitrogens with two attached hydrogens (primary N) is 1. The Bertz CT molecular complexity index is 2610. The van der Waals surface area contributed by atoms with E-state index >= 15 is 0 Å². The van der Waals surface area contributed by atoms with Crippen LogP contribution in [0.15, 0.2) is 79.1 Å². The molecule has 1 unspecified atom stereocenters. The van der Waals surface area contributed by atoms with Gasteiger partial charge in [0.1, 0.15) is 35.4 Å². The Kier molecular flexibility index (Phi) is 11.8. The van der Waals surface area contributed by atoms with Gasteiger partial charge in [0, 0.05) is 38.2 Å². The zero-order valence-corrected chi connectivity index (χ0v) is 36.4. The molecule has 16 heteroatoms. The van der Waals surface area contributed by atoms with Crippen LogP contribution >= 0.6 is 0 Å². The Morgan fingerprint density at radius 3 is 2.17 bits per heavy atom. The molecule has 7 heterocycles. The van der Waals surface area contributed by atoms with Gasteiger partial charge in [0.2, 0.25) is 11.8 Å². The molecule has 1 atom stereocenters. The normalized spacial score (nSPS) is 20.4. The first-order chi connectivity index (χ1) is 31.7. The summed E-state index contributed by atoms with van der Waals surface area (Å²) in [5.41, 5.74) is 10.5. The van der Waals surface area contributed by atoms with E-state index in [4.69, 9.17) is 15.6 Å². The number of benzene rings is 3. The first kappa shape index (κ1) is 42.3. The number of nitrogens with one attached hydrogen (secondary N) is 1. The second-order valence-electron chi connectivity index (χ2n) is 18.1. The molecule has 10 rings (SSSR count). The summed E-state index contributed by atoms with van der Waals surface area (Å²) in [5, 5.41) is 8.05. The fourth-order valence-electron chi connectivity index (χ4n) is 10.5. The fraction of sp³-hybridized carbons (Fsp3) is 0.429. The van der Waals surface area contributed by atoms with Gasteiger partial charge in [-0.15, -0.1) is 0 Å². The number of fused-ring (bicyclic) bond motifs is 2. The standard InChI is InChI=1S/C49H54N10O6/c50-44-42-43(33-8-11-37(12-9-33)65-36-6-2-1-3-7-36)54-59(45(42)52-30-51-44)35-20-27-57(28-21-35)49(64)56-25-16-31(17-26-56)5-4-22-55-23-18-32(19-24-55)34-10-13-38-39(29-34)48(63)58(47(38)62)40-14-15-41(60)53-46(40)61/h1-3,6-13,29-32,35,40H,4-5,14-28H2,(H2,50,51,52)(H,53,60,61). The number of carbonyl (C=O) groups is 5. The molecule has 6 amide bonds. The van der Waals surface area contributed by atoms with E-state index in [0.717, 1.165) is 123 Å². The molecule has 3 N–H and O–H groups in total. The summed E-state index contributed by atoms with van der Waals surface area (Å²) in [5.74, 6) is 0.862. The van der Waals surface area contributed by atoms with Crippen molar-refractivity contribution in [2.45, 2.75) is 82.2 Å². The molecule has 2 aromatic heterocycles. The maximum Gasteiger partial charge on any atom is 0.320 e. The van der Waals surface area contributed by atoms with Crippen molar-refractivity contribution in [1.29, 1.82) is 0 Å². The monoisotopic (exact) mass is 878 g/mol. The van der Waals surface area contributed by atoms with E-state index < -0.39 is 23.8 Å². The Balaban J connectivity index is 0.663. The van der Waals surface area contributed by atoms with Crippen molar-refractivity contribution in [2.24, 2.45) is 5.92 Å². The quantitative estimate of drug-likeness (QED) is 0.148. The van der Waals surface area contributed by atoms with Gasteiger partial charge >= 0.3 is 6.03 Å². The maximum atomic E-state index is 13.7. The van der Waals surface area contributed by atoms with Crippen molar-refractivity contribution in [3.8, 4) is 22.8 Å². The van der Waals surface area contributed by atoms with Gasteiger partial charge in [-0.25, -0.2) is 19.4 Å². The maximum absolute atomic E-state index is 13.7. The van der Waals surface area contributed by atoms with Crippen molar-refractivity contribution < 1.29 is 28.7 Å². The van der Waals surface area contributed by atoms with E-state index in [1.54, 1.807) is 6.07 Å². The van der Waals surface area contributed by atoms with Crippen LogP contribution in [0.1, 0.15) is 102 Å². The first-order valence-corrected chi connectivity index (χ1v) is 23.1. The van der Waals surface area contributed by atoms with Crippen molar-refractivity contribution in [2.75, 3.05) is 51.5 Å². The summed E-state index contributed by atoms with van der Waals surface area (Å²) in [4.78, 5) is 80.9. The highest BCUT2D eigenvalue weighted by Crippen LogP contribution is 2.37. The van der Waals surface area contributed by atoms with Crippen LogP contribution in [0.2, 0.25) is 0 Å². The van der Waals surface area contributed by atoms with Gasteiger partial charge in [-0.3, -0.25) is 29.4 Å². The lowest BCUT2D eigenvalue weighted by Gasteiger charge is -2.39. The van der Waals surface area contributed by atoms with Crippen LogP contribution < -0.4 is 15.8 Å². The molecule has 4 saturated heterocycles. The largest absolute Gasteiger partial charge is 0.457 e. The zero-order valence-electron chi connectivity index (χ0n) is 36.4. The third-order valence-electron chi connectivity index (χ3n) is 14.2. The van der Waals surface area contributed by atoms with Crippen LogP contribution in [-0.4, -0.2) is 121 Å². The number of hydrogen-bond acceptors (Lipinski definition) is 11. The van der Waals surface area contributed by atoms with E-state index in [2.05, 4.69) is 20.2 Å². The lowest BCUT2D eigenvalue weighted by molar-refractivity contribution is -0.136. The Morgan fingerprint density at radius 2 is 1.45 bits per heavy atom. The number of hydrogen-bond donors (Lipinski definition) is 2. The Labute approximate surface area is 377 Å². The van der Waals surface area contributed by atoms with Gasteiger partial charge in [-0.05, 0) is 143 Å². The van der Waals surface area contributed by atoms with Crippen LogP contribution in [0, 0.1) is 5.92 Å². The molecule has 16 nitrogen and oxygen atoms in total. The topological polar surface area (TPSA) is 189 Å². The minimum absolute atomic E-state index is 0.0680. The van der Waals surface area contributed by atoms with Crippen LogP contribution in [0.25, 0.3) is 22.3 Å². The van der Waals surface area contributed by atoms with Gasteiger partial charge in [0.25, 0.3) is 11.8 Å². The molecule has 5 aromatic rings. The number of imide groups is 2. The summed E-state index contributed by atoms with van der Waals surface area (Å²) in [6.45, 7) is 5.85. The summed E-state index contributed by atoms with van der Waals surface area (Å²) < 4.78 is 7.98. The number of para-hydroxylation sites is 1. The molecule has 0 spiro atoms. The zero-order chi connectivity index (χ0) is 44.6. The molecule has 0 bridgehead atoms. The predicted octanol–water partition coefficient (Wildman–Crippen LogP) is 6.40. The number of nitrogens with zero attached hydrogens (tertiary/aromatic N) is 8. The van der Waals surface area contributed by atoms with Gasteiger partial charge in [0.05, 0.1) is 22.6 Å². The molecule has 5 aliphatic heterocycles. The van der Waals surface area contributed by atoms with Crippen LogP contribution in [0.5, 0.6) is 11.5 Å². The molecule has 4 fully saturated rings. The second-order valence-corrected chi connectivity index (χ2v) is 18.1. The Hall–Kier alpha value is -6.68. The smallest absolute Gasteiger partial charge is 0.320 e. The van der Waals surface area contributed by atoms with Gasteiger partial charge in [-0.1, -0.05) is 24.3 Å². The lowest BCUT2D eigenvalue weighted by atomic mass is 9.87. The van der Waals surface area contributed by atoms with Crippen molar-refractivity contribution >= 4 is 46.5 Å². The number of likely N-dealkylation sites (tertiary alicyclic amines) is 3. The predicted molar refractivity (Wildman–Crippen MR) is 242 cm³/mol. The number of ether oxygens (including phenoxy) is 1. The molecule has 0 saturated carbocycles. The molecule has 65 heavy (non-hydrogen) atoms. The number of rotatable bonds is 10. The third-order valence-corrected chi connectivity index (χ3v) is 14.2. The Morgan fingerprint density at radius 1 is 0.754 bits per heavy atom. The number of piperidine rings is 4. The van der Waals surface area contributed by atoms with Gasteiger partial charge in [0.15, 0.2) is 5.65 Å². The summed E-state index contributed by atoms with van der Waals surface area (Å²) in [6.07, 6.45) is 9.52. The minimum Gasteiger partial charge on any atom is -0.457 e. The number of nitrogen functional groups attached to an aromatic ring is 1. The number of amides is 6. The number of anilines is 1. The second kappa shape index (κ2) is 18.1. The van der Waals surface area contributed by atoms with E-state index in [-0.39, 0.29) is 30.8 Å². The highest BCUT2D eigenvalue weighted by molar-refractivity contribution is 6.23. The van der Waals surface area contributed by atoms with E-state index in [9.17, 15) is 24.0 Å². The molecule has 336 valence electrons. The van der Waals surface area contributed by atoms with Crippen LogP contribution in [0.3, 0.4) is 0 Å². The van der Waals surface area contributed by atoms with Gasteiger partial charge < -0.3 is 25.2 Å². The molecule has 0 aliphatic carbocycles. The molecular formula is C49H54N10O6. The third kappa shape index (κ3) is 8.54.